The normalized spacial score (nSPS) is 17.9. The Kier molecular flexibility index (Phi) is 10.8. The van der Waals surface area contributed by atoms with E-state index in [4.69, 9.17) is 9.73 Å². The zero-order valence-corrected chi connectivity index (χ0v) is 19.3. The third-order valence-corrected chi connectivity index (χ3v) is 5.01. The number of methoxy groups -OCH3 is 1. The van der Waals surface area contributed by atoms with Gasteiger partial charge in [0.2, 0.25) is 0 Å². The molecule has 1 saturated heterocycles. The van der Waals surface area contributed by atoms with E-state index in [-0.39, 0.29) is 24.0 Å². The van der Waals surface area contributed by atoms with Crippen molar-refractivity contribution in [3.05, 3.63) is 28.2 Å². The van der Waals surface area contributed by atoms with Crippen LogP contribution in [0.25, 0.3) is 0 Å². The molecule has 0 aliphatic carbocycles. The zero-order chi connectivity index (χ0) is 17.4. The molecule has 0 saturated carbocycles. The van der Waals surface area contributed by atoms with Crippen molar-refractivity contribution < 1.29 is 4.74 Å². The maximum Gasteiger partial charge on any atom is 0.191 e. The maximum absolute atomic E-state index is 5.27. The molecule has 0 amide bonds. The molecule has 7 heteroatoms. The lowest BCUT2D eigenvalue weighted by Gasteiger charge is -2.24. The average molecular weight is 525 g/mol. The zero-order valence-electron chi connectivity index (χ0n) is 15.3. The number of benzene rings is 1. The van der Waals surface area contributed by atoms with Crippen molar-refractivity contribution in [2.45, 2.75) is 39.3 Å². The molecular formula is C18H30BrIN4O. The molecule has 1 aliphatic rings. The molecule has 1 heterocycles. The Morgan fingerprint density at radius 1 is 1.36 bits per heavy atom. The van der Waals surface area contributed by atoms with Crippen LogP contribution in [0.1, 0.15) is 32.3 Å². The molecule has 5 nitrogen and oxygen atoms in total. The Morgan fingerprint density at radius 2 is 2.16 bits per heavy atom. The van der Waals surface area contributed by atoms with Crippen molar-refractivity contribution in [2.24, 2.45) is 4.99 Å². The van der Waals surface area contributed by atoms with E-state index in [1.165, 1.54) is 19.4 Å². The first kappa shape index (κ1) is 22.5. The lowest BCUT2D eigenvalue weighted by atomic mass is 10.2. The van der Waals surface area contributed by atoms with Crippen LogP contribution < -0.4 is 15.4 Å². The number of nitrogens with zero attached hydrogens (tertiary/aromatic N) is 2. The minimum atomic E-state index is 0. The Labute approximate surface area is 177 Å². The summed E-state index contributed by atoms with van der Waals surface area (Å²) in [6, 6.07) is 6.69. The van der Waals surface area contributed by atoms with Gasteiger partial charge in [-0.3, -0.25) is 4.90 Å². The fraction of sp³-hybridized carbons (Fsp3) is 0.611. The average Bonchev–Trinajstić information content (AvgIpc) is 3.05. The SMILES string of the molecule is CCNC(=NCc1ccc(OC)c(Br)c1)NCC1CCCN1CC.I. The highest BCUT2D eigenvalue weighted by molar-refractivity contribution is 14.0. The molecule has 0 bridgehead atoms. The predicted molar refractivity (Wildman–Crippen MR) is 119 cm³/mol. The predicted octanol–water partition coefficient (Wildman–Crippen LogP) is 3.62. The summed E-state index contributed by atoms with van der Waals surface area (Å²) in [6.07, 6.45) is 2.57. The molecule has 1 aromatic rings. The van der Waals surface area contributed by atoms with E-state index in [1.54, 1.807) is 7.11 Å². The summed E-state index contributed by atoms with van der Waals surface area (Å²) < 4.78 is 6.23. The molecule has 2 N–H and O–H groups in total. The van der Waals surface area contributed by atoms with Crippen molar-refractivity contribution in [1.82, 2.24) is 15.5 Å². The molecule has 0 spiro atoms. The summed E-state index contributed by atoms with van der Waals surface area (Å²) in [5, 5.41) is 6.83. The van der Waals surface area contributed by atoms with Crippen molar-refractivity contribution in [3.63, 3.8) is 0 Å². The van der Waals surface area contributed by atoms with Gasteiger partial charge in [0.1, 0.15) is 5.75 Å². The molecule has 1 aliphatic heterocycles. The fourth-order valence-corrected chi connectivity index (χ4v) is 3.67. The first-order valence-corrected chi connectivity index (χ1v) is 9.55. The van der Waals surface area contributed by atoms with Gasteiger partial charge in [-0.2, -0.15) is 0 Å². The van der Waals surface area contributed by atoms with Gasteiger partial charge in [0, 0.05) is 19.1 Å². The molecule has 1 fully saturated rings. The Bertz CT molecular complexity index is 556. The van der Waals surface area contributed by atoms with Gasteiger partial charge in [0.25, 0.3) is 0 Å². The van der Waals surface area contributed by atoms with Gasteiger partial charge in [0.05, 0.1) is 18.1 Å². The number of ether oxygens (including phenoxy) is 1. The minimum absolute atomic E-state index is 0. The molecule has 0 radical (unpaired) electrons. The van der Waals surface area contributed by atoms with Gasteiger partial charge in [-0.1, -0.05) is 13.0 Å². The number of hydrogen-bond donors (Lipinski definition) is 2. The summed E-state index contributed by atoms with van der Waals surface area (Å²) >= 11 is 3.52. The van der Waals surface area contributed by atoms with E-state index < -0.39 is 0 Å². The van der Waals surface area contributed by atoms with Crippen molar-refractivity contribution >= 4 is 45.9 Å². The maximum atomic E-state index is 5.27. The van der Waals surface area contributed by atoms with E-state index in [9.17, 15) is 0 Å². The number of aliphatic imine (C=N–C) groups is 1. The minimum Gasteiger partial charge on any atom is -0.496 e. The summed E-state index contributed by atoms with van der Waals surface area (Å²) in [6.45, 7) is 9.12. The highest BCUT2D eigenvalue weighted by Gasteiger charge is 2.22. The van der Waals surface area contributed by atoms with Crippen LogP contribution in [-0.4, -0.2) is 50.2 Å². The number of halogens is 2. The number of guanidine groups is 1. The number of hydrogen-bond acceptors (Lipinski definition) is 3. The van der Waals surface area contributed by atoms with Crippen LogP contribution in [0.3, 0.4) is 0 Å². The van der Waals surface area contributed by atoms with Gasteiger partial charge in [-0.05, 0) is 66.5 Å². The van der Waals surface area contributed by atoms with Crippen LogP contribution in [0.4, 0.5) is 0 Å². The van der Waals surface area contributed by atoms with E-state index in [1.807, 2.05) is 12.1 Å². The number of likely N-dealkylation sites (tertiary alicyclic amines) is 1. The summed E-state index contributed by atoms with van der Waals surface area (Å²) in [7, 11) is 1.67. The molecule has 2 rings (SSSR count). The standard InChI is InChI=1S/C18H29BrN4O.HI/c1-4-20-18(22-13-15-7-6-10-23(15)5-2)21-12-14-8-9-17(24-3)16(19)11-14;/h8-9,11,15H,4-7,10,12-13H2,1-3H3,(H2,20,21,22);1H. The number of likely N-dealkylation sites (N-methyl/N-ethyl adjacent to an activating group) is 1. The van der Waals surface area contributed by atoms with Gasteiger partial charge in [-0.25, -0.2) is 4.99 Å². The Hall–Kier alpha value is -0.540. The van der Waals surface area contributed by atoms with E-state index >= 15 is 0 Å². The van der Waals surface area contributed by atoms with Crippen LogP contribution in [-0.2, 0) is 6.54 Å². The third kappa shape index (κ3) is 6.94. The van der Waals surface area contributed by atoms with Gasteiger partial charge in [-0.15, -0.1) is 24.0 Å². The monoisotopic (exact) mass is 524 g/mol. The summed E-state index contributed by atoms with van der Waals surface area (Å²) in [5.41, 5.74) is 1.15. The van der Waals surface area contributed by atoms with Gasteiger partial charge < -0.3 is 15.4 Å². The van der Waals surface area contributed by atoms with Crippen molar-refractivity contribution in [2.75, 3.05) is 33.3 Å². The largest absolute Gasteiger partial charge is 0.496 e. The van der Waals surface area contributed by atoms with Gasteiger partial charge in [0.15, 0.2) is 5.96 Å². The smallest absolute Gasteiger partial charge is 0.191 e. The molecule has 25 heavy (non-hydrogen) atoms. The molecule has 1 aromatic carbocycles. The lowest BCUT2D eigenvalue weighted by molar-refractivity contribution is 0.267. The van der Waals surface area contributed by atoms with Crippen LogP contribution >= 0.6 is 39.9 Å². The van der Waals surface area contributed by atoms with Crippen molar-refractivity contribution in [1.29, 1.82) is 0 Å². The topological polar surface area (TPSA) is 48.9 Å². The molecule has 1 atom stereocenters. The van der Waals surface area contributed by atoms with Crippen LogP contribution in [0, 0.1) is 0 Å². The van der Waals surface area contributed by atoms with Crippen LogP contribution in [0.5, 0.6) is 5.75 Å². The van der Waals surface area contributed by atoms with Crippen molar-refractivity contribution in [3.8, 4) is 5.75 Å². The lowest BCUT2D eigenvalue weighted by Crippen LogP contribution is -2.44. The number of rotatable bonds is 7. The Morgan fingerprint density at radius 3 is 2.80 bits per heavy atom. The van der Waals surface area contributed by atoms with Crippen LogP contribution in [0.15, 0.2) is 27.7 Å². The van der Waals surface area contributed by atoms with Crippen LogP contribution in [0.2, 0.25) is 0 Å². The van der Waals surface area contributed by atoms with E-state index in [2.05, 4.69) is 51.4 Å². The van der Waals surface area contributed by atoms with E-state index in [0.717, 1.165) is 41.4 Å². The third-order valence-electron chi connectivity index (χ3n) is 4.39. The first-order chi connectivity index (χ1) is 11.7. The summed E-state index contributed by atoms with van der Waals surface area (Å²) in [4.78, 5) is 7.25. The Balaban J connectivity index is 0.00000312. The number of nitrogens with one attached hydrogen (secondary N) is 2. The second kappa shape index (κ2) is 12.0. The second-order valence-corrected chi connectivity index (χ2v) is 6.82. The molecular weight excluding hydrogens is 495 g/mol. The first-order valence-electron chi connectivity index (χ1n) is 8.76. The molecule has 142 valence electrons. The second-order valence-electron chi connectivity index (χ2n) is 5.97. The van der Waals surface area contributed by atoms with E-state index in [0.29, 0.717) is 12.6 Å². The summed E-state index contributed by atoms with van der Waals surface area (Å²) in [5.74, 6) is 1.72. The quantitative estimate of drug-likeness (QED) is 0.325. The molecule has 1 unspecified atom stereocenters. The van der Waals surface area contributed by atoms with Gasteiger partial charge >= 0.3 is 0 Å². The highest BCUT2D eigenvalue weighted by Crippen LogP contribution is 2.25. The fourth-order valence-electron chi connectivity index (χ4n) is 3.08. The highest BCUT2D eigenvalue weighted by atomic mass is 127. The molecule has 0 aromatic heterocycles.